The molecule has 0 unspecified atom stereocenters. The maximum Gasteiger partial charge on any atom is 0.170 e. The molecule has 1 N–H and O–H groups in total. The average molecular weight is 439 g/mol. The Morgan fingerprint density at radius 2 is 1.87 bits per heavy atom. The van der Waals surface area contributed by atoms with Gasteiger partial charge in [-0.05, 0) is 67.9 Å². The van der Waals surface area contributed by atoms with Crippen LogP contribution in [0.4, 0.5) is 0 Å². The molecule has 2 aromatic heterocycles. The van der Waals surface area contributed by atoms with E-state index in [0.29, 0.717) is 5.92 Å². The first-order valence-electron chi connectivity index (χ1n) is 10.3. The molecule has 3 heterocycles. The molecule has 4 nitrogen and oxygen atoms in total. The van der Waals surface area contributed by atoms with E-state index in [1.165, 1.54) is 11.3 Å². The molecule has 2 atom stereocenters. The Kier molecular flexibility index (Phi) is 5.85. The molecule has 4 rings (SSSR count). The SMILES string of the molecule is Cc1cc([C@@H]2[C@H](c3ccccn3)NC(=S)N2CC(C)C)c(C)n1-c1ccccc1Cl. The van der Waals surface area contributed by atoms with Crippen LogP contribution in [-0.4, -0.2) is 26.1 Å². The molecule has 1 aliphatic rings. The van der Waals surface area contributed by atoms with Crippen LogP contribution in [0, 0.1) is 19.8 Å². The van der Waals surface area contributed by atoms with E-state index in [9.17, 15) is 0 Å². The number of hydrogen-bond acceptors (Lipinski definition) is 2. The topological polar surface area (TPSA) is 33.1 Å². The summed E-state index contributed by atoms with van der Waals surface area (Å²) in [6, 6.07) is 16.4. The molecule has 156 valence electrons. The molecule has 0 saturated carbocycles. The highest BCUT2D eigenvalue weighted by Gasteiger charge is 2.41. The Morgan fingerprint density at radius 1 is 1.13 bits per heavy atom. The molecular formula is C24H27ClN4S. The lowest BCUT2D eigenvalue weighted by molar-refractivity contribution is 0.287. The molecule has 1 aliphatic heterocycles. The number of thiocarbonyl (C=S) groups is 1. The maximum absolute atomic E-state index is 6.54. The van der Waals surface area contributed by atoms with E-state index in [4.69, 9.17) is 23.8 Å². The van der Waals surface area contributed by atoms with Crippen molar-refractivity contribution < 1.29 is 0 Å². The zero-order chi connectivity index (χ0) is 21.4. The summed E-state index contributed by atoms with van der Waals surface area (Å²) in [6.07, 6.45) is 1.84. The normalized spacial score (nSPS) is 18.9. The van der Waals surface area contributed by atoms with Crippen molar-refractivity contribution in [1.29, 1.82) is 0 Å². The zero-order valence-electron chi connectivity index (χ0n) is 17.8. The Balaban J connectivity index is 1.85. The molecule has 0 spiro atoms. The van der Waals surface area contributed by atoms with E-state index in [2.05, 4.69) is 65.7 Å². The molecule has 0 bridgehead atoms. The number of nitrogens with zero attached hydrogens (tertiary/aromatic N) is 3. The zero-order valence-corrected chi connectivity index (χ0v) is 19.3. The molecule has 30 heavy (non-hydrogen) atoms. The van der Waals surface area contributed by atoms with Crippen molar-refractivity contribution >= 4 is 28.9 Å². The first-order valence-corrected chi connectivity index (χ1v) is 11.1. The van der Waals surface area contributed by atoms with Crippen LogP contribution in [0.1, 0.15) is 48.6 Å². The Labute approximate surface area is 188 Å². The molecule has 6 heteroatoms. The van der Waals surface area contributed by atoms with E-state index in [-0.39, 0.29) is 12.1 Å². The van der Waals surface area contributed by atoms with Crippen LogP contribution in [0.5, 0.6) is 0 Å². The first kappa shape index (κ1) is 20.9. The molecule has 1 saturated heterocycles. The number of aromatic nitrogens is 2. The van der Waals surface area contributed by atoms with Gasteiger partial charge in [-0.15, -0.1) is 0 Å². The number of aryl methyl sites for hydroxylation is 1. The minimum atomic E-state index is -0.00218. The molecule has 1 aromatic carbocycles. The molecule has 1 fully saturated rings. The smallest absolute Gasteiger partial charge is 0.170 e. The second kappa shape index (κ2) is 8.40. The van der Waals surface area contributed by atoms with Crippen molar-refractivity contribution in [2.75, 3.05) is 6.54 Å². The average Bonchev–Trinajstić information content (AvgIpc) is 3.18. The van der Waals surface area contributed by atoms with Crippen LogP contribution >= 0.6 is 23.8 Å². The fourth-order valence-electron chi connectivity index (χ4n) is 4.42. The van der Waals surface area contributed by atoms with Crippen molar-refractivity contribution in [2.45, 2.75) is 39.8 Å². The highest BCUT2D eigenvalue weighted by molar-refractivity contribution is 7.80. The number of para-hydroxylation sites is 1. The van der Waals surface area contributed by atoms with E-state index >= 15 is 0 Å². The monoisotopic (exact) mass is 438 g/mol. The summed E-state index contributed by atoms with van der Waals surface area (Å²) in [5, 5.41) is 5.07. The van der Waals surface area contributed by atoms with Gasteiger partial charge in [-0.25, -0.2) is 0 Å². The van der Waals surface area contributed by atoms with Gasteiger partial charge < -0.3 is 14.8 Å². The minimum absolute atomic E-state index is 0.00218. The second-order valence-corrected chi connectivity index (χ2v) is 9.08. The van der Waals surface area contributed by atoms with Gasteiger partial charge in [0.05, 0.1) is 28.5 Å². The molecule has 3 aromatic rings. The van der Waals surface area contributed by atoms with E-state index in [1.807, 2.05) is 36.5 Å². The van der Waals surface area contributed by atoms with Crippen LogP contribution in [-0.2, 0) is 0 Å². The number of pyridine rings is 1. The quantitative estimate of drug-likeness (QED) is 0.512. The predicted molar refractivity (Wildman–Crippen MR) is 127 cm³/mol. The summed E-state index contributed by atoms with van der Waals surface area (Å²) < 4.78 is 2.24. The van der Waals surface area contributed by atoms with Gasteiger partial charge in [-0.2, -0.15) is 0 Å². The maximum atomic E-state index is 6.54. The Hall–Kier alpha value is -2.37. The third-order valence-electron chi connectivity index (χ3n) is 5.64. The summed E-state index contributed by atoms with van der Waals surface area (Å²) in [7, 11) is 0. The molecule has 0 radical (unpaired) electrons. The van der Waals surface area contributed by atoms with Crippen molar-refractivity contribution in [3.63, 3.8) is 0 Å². The standard InChI is InChI=1S/C24H27ClN4S/c1-15(2)14-28-23(22(27-24(28)30)20-10-7-8-12-26-20)18-13-16(3)29(17(18)4)21-11-6-5-9-19(21)25/h5-13,15,22-23H,14H2,1-4H3,(H,27,30)/t22-,23+/m0/s1. The Bertz CT molecular complexity index is 1060. The van der Waals surface area contributed by atoms with Gasteiger partial charge in [0, 0.05) is 24.1 Å². The highest BCUT2D eigenvalue weighted by atomic mass is 35.5. The first-order chi connectivity index (χ1) is 14.4. The largest absolute Gasteiger partial charge is 0.352 e. The third-order valence-corrected chi connectivity index (χ3v) is 6.31. The second-order valence-electron chi connectivity index (χ2n) is 8.29. The fraction of sp³-hybridized carbons (Fsp3) is 0.333. The van der Waals surface area contributed by atoms with Gasteiger partial charge in [0.1, 0.15) is 0 Å². The number of halogens is 1. The number of hydrogen-bond donors (Lipinski definition) is 1. The van der Waals surface area contributed by atoms with Crippen molar-refractivity contribution in [3.05, 3.63) is 82.4 Å². The lowest BCUT2D eigenvalue weighted by Gasteiger charge is -2.29. The lowest BCUT2D eigenvalue weighted by Crippen LogP contribution is -2.33. The number of nitrogens with one attached hydrogen (secondary N) is 1. The summed E-state index contributed by atoms with van der Waals surface area (Å²) in [5.41, 5.74) is 5.57. The van der Waals surface area contributed by atoms with Gasteiger partial charge >= 0.3 is 0 Å². The van der Waals surface area contributed by atoms with Gasteiger partial charge in [0.2, 0.25) is 0 Å². The lowest BCUT2D eigenvalue weighted by atomic mass is 9.96. The van der Waals surface area contributed by atoms with Crippen LogP contribution < -0.4 is 5.32 Å². The predicted octanol–water partition coefficient (Wildman–Crippen LogP) is 5.77. The van der Waals surface area contributed by atoms with Gasteiger partial charge in [-0.3, -0.25) is 4.98 Å². The summed E-state index contributed by atoms with van der Waals surface area (Å²) >= 11 is 12.3. The van der Waals surface area contributed by atoms with Crippen LogP contribution in [0.2, 0.25) is 5.02 Å². The van der Waals surface area contributed by atoms with Crippen molar-refractivity contribution in [1.82, 2.24) is 19.8 Å². The van der Waals surface area contributed by atoms with Crippen LogP contribution in [0.3, 0.4) is 0 Å². The van der Waals surface area contributed by atoms with Gasteiger partial charge in [-0.1, -0.05) is 43.6 Å². The van der Waals surface area contributed by atoms with E-state index in [1.54, 1.807) is 0 Å². The summed E-state index contributed by atoms with van der Waals surface area (Å²) in [4.78, 5) is 6.96. The van der Waals surface area contributed by atoms with E-state index < -0.39 is 0 Å². The highest BCUT2D eigenvalue weighted by Crippen LogP contribution is 2.42. The van der Waals surface area contributed by atoms with Crippen molar-refractivity contribution in [2.24, 2.45) is 5.92 Å². The fourth-order valence-corrected chi connectivity index (χ4v) is 4.96. The molecule has 0 aliphatic carbocycles. The number of rotatable bonds is 5. The molecule has 0 amide bonds. The number of benzene rings is 1. The van der Waals surface area contributed by atoms with Crippen molar-refractivity contribution in [3.8, 4) is 5.69 Å². The Morgan fingerprint density at radius 3 is 2.53 bits per heavy atom. The van der Waals surface area contributed by atoms with Gasteiger partial charge in [0.15, 0.2) is 5.11 Å². The summed E-state index contributed by atoms with van der Waals surface area (Å²) in [6.45, 7) is 9.62. The van der Waals surface area contributed by atoms with Crippen LogP contribution in [0.15, 0.2) is 54.7 Å². The van der Waals surface area contributed by atoms with E-state index in [0.717, 1.165) is 33.8 Å². The summed E-state index contributed by atoms with van der Waals surface area (Å²) in [5.74, 6) is 0.488. The minimum Gasteiger partial charge on any atom is -0.352 e. The third kappa shape index (κ3) is 3.72. The van der Waals surface area contributed by atoms with Gasteiger partial charge in [0.25, 0.3) is 0 Å². The molecular weight excluding hydrogens is 412 g/mol. The van der Waals surface area contributed by atoms with Crippen LogP contribution in [0.25, 0.3) is 5.69 Å².